The SMILES string of the molecule is O=C(OO)c1ccnc2ccccc12. The number of nitrogens with zero attached hydrogens (tertiary/aromatic N) is 1. The predicted molar refractivity (Wildman–Crippen MR) is 49.8 cm³/mol. The molecule has 1 aromatic carbocycles. The van der Waals surface area contributed by atoms with E-state index in [2.05, 4.69) is 9.87 Å². The molecule has 0 aliphatic carbocycles. The van der Waals surface area contributed by atoms with Gasteiger partial charge in [-0.25, -0.2) is 4.79 Å². The summed E-state index contributed by atoms with van der Waals surface area (Å²) in [6.45, 7) is 0. The molecule has 0 radical (unpaired) electrons. The fourth-order valence-corrected chi connectivity index (χ4v) is 1.32. The molecule has 1 aromatic heterocycles. The van der Waals surface area contributed by atoms with Crippen LogP contribution in [0.15, 0.2) is 36.5 Å². The van der Waals surface area contributed by atoms with E-state index in [0.717, 1.165) is 0 Å². The fourth-order valence-electron chi connectivity index (χ4n) is 1.32. The van der Waals surface area contributed by atoms with E-state index in [1.165, 1.54) is 12.3 Å². The highest BCUT2D eigenvalue weighted by atomic mass is 17.1. The van der Waals surface area contributed by atoms with Crippen LogP contribution in [0.25, 0.3) is 10.9 Å². The standard InChI is InChI=1S/C10H7NO3/c12-10(14-13)8-5-6-11-9-4-2-1-3-7(8)9/h1-6,13H. The maximum absolute atomic E-state index is 11.1. The Morgan fingerprint density at radius 3 is 2.86 bits per heavy atom. The van der Waals surface area contributed by atoms with Gasteiger partial charge in [0.2, 0.25) is 0 Å². The van der Waals surface area contributed by atoms with Gasteiger partial charge in [0.25, 0.3) is 0 Å². The summed E-state index contributed by atoms with van der Waals surface area (Å²) in [4.78, 5) is 18.9. The van der Waals surface area contributed by atoms with E-state index in [1.807, 2.05) is 6.07 Å². The van der Waals surface area contributed by atoms with Gasteiger partial charge in [-0.15, -0.1) is 0 Å². The van der Waals surface area contributed by atoms with Crippen molar-refractivity contribution in [2.24, 2.45) is 0 Å². The smallest absolute Gasteiger partial charge is 0.295 e. The second-order valence-electron chi connectivity index (χ2n) is 2.75. The van der Waals surface area contributed by atoms with E-state index in [1.54, 1.807) is 18.2 Å². The van der Waals surface area contributed by atoms with Gasteiger partial charge in [-0.3, -0.25) is 9.87 Å². The van der Waals surface area contributed by atoms with Gasteiger partial charge < -0.3 is 0 Å². The van der Waals surface area contributed by atoms with Crippen molar-refractivity contribution in [3.05, 3.63) is 42.1 Å². The third-order valence-corrected chi connectivity index (χ3v) is 1.95. The molecule has 0 bridgehead atoms. The minimum atomic E-state index is -0.774. The highest BCUT2D eigenvalue weighted by Gasteiger charge is 2.10. The topological polar surface area (TPSA) is 59.4 Å². The maximum Gasteiger partial charge on any atom is 0.373 e. The number of pyridine rings is 1. The van der Waals surface area contributed by atoms with Crippen molar-refractivity contribution in [1.82, 2.24) is 4.98 Å². The summed E-state index contributed by atoms with van der Waals surface area (Å²) >= 11 is 0. The molecule has 0 fully saturated rings. The number of rotatable bonds is 1. The van der Waals surface area contributed by atoms with Gasteiger partial charge in [-0.2, -0.15) is 5.26 Å². The fraction of sp³-hybridized carbons (Fsp3) is 0. The molecule has 0 saturated carbocycles. The first-order valence-electron chi connectivity index (χ1n) is 4.02. The molecule has 70 valence electrons. The number of para-hydroxylation sites is 1. The Hall–Kier alpha value is -1.94. The van der Waals surface area contributed by atoms with Crippen LogP contribution in [0.1, 0.15) is 10.4 Å². The Morgan fingerprint density at radius 2 is 2.07 bits per heavy atom. The highest BCUT2D eigenvalue weighted by Crippen LogP contribution is 2.16. The van der Waals surface area contributed by atoms with Crippen LogP contribution < -0.4 is 0 Å². The van der Waals surface area contributed by atoms with Gasteiger partial charge in [0, 0.05) is 11.6 Å². The lowest BCUT2D eigenvalue weighted by Crippen LogP contribution is -2.02. The molecule has 0 unspecified atom stereocenters. The van der Waals surface area contributed by atoms with Gasteiger partial charge in [0.05, 0.1) is 11.1 Å². The van der Waals surface area contributed by atoms with Crippen LogP contribution in [0.4, 0.5) is 0 Å². The summed E-state index contributed by atoms with van der Waals surface area (Å²) in [5.41, 5.74) is 0.994. The Bertz CT molecular complexity index is 476. The predicted octanol–water partition coefficient (Wildman–Crippen LogP) is 1.86. The Labute approximate surface area is 79.7 Å². The second-order valence-corrected chi connectivity index (χ2v) is 2.75. The number of hydrogen-bond acceptors (Lipinski definition) is 4. The van der Waals surface area contributed by atoms with Gasteiger partial charge in [0.1, 0.15) is 0 Å². The zero-order chi connectivity index (χ0) is 9.97. The van der Waals surface area contributed by atoms with Crippen LogP contribution in [0.3, 0.4) is 0 Å². The molecule has 1 N–H and O–H groups in total. The quantitative estimate of drug-likeness (QED) is 0.549. The minimum Gasteiger partial charge on any atom is -0.295 e. The Balaban J connectivity index is 2.71. The Morgan fingerprint density at radius 1 is 1.29 bits per heavy atom. The van der Waals surface area contributed by atoms with Crippen LogP contribution in [0.5, 0.6) is 0 Å². The van der Waals surface area contributed by atoms with E-state index >= 15 is 0 Å². The summed E-state index contributed by atoms with van der Waals surface area (Å²) in [5.74, 6) is -0.774. The molecule has 0 atom stereocenters. The second kappa shape index (κ2) is 3.43. The van der Waals surface area contributed by atoms with E-state index in [4.69, 9.17) is 5.26 Å². The average molecular weight is 189 g/mol. The monoisotopic (exact) mass is 189 g/mol. The van der Waals surface area contributed by atoms with E-state index in [-0.39, 0.29) is 0 Å². The van der Waals surface area contributed by atoms with Crippen LogP contribution in [0.2, 0.25) is 0 Å². The maximum atomic E-state index is 11.1. The first-order chi connectivity index (χ1) is 6.83. The number of aromatic nitrogens is 1. The Kier molecular flexibility index (Phi) is 2.12. The van der Waals surface area contributed by atoms with Gasteiger partial charge in [-0.05, 0) is 12.1 Å². The van der Waals surface area contributed by atoms with Crippen LogP contribution in [-0.2, 0) is 4.89 Å². The third-order valence-electron chi connectivity index (χ3n) is 1.95. The van der Waals surface area contributed by atoms with Crippen molar-refractivity contribution in [3.63, 3.8) is 0 Å². The zero-order valence-corrected chi connectivity index (χ0v) is 7.18. The molecule has 4 nitrogen and oxygen atoms in total. The molecular weight excluding hydrogens is 182 g/mol. The van der Waals surface area contributed by atoms with E-state index < -0.39 is 5.97 Å². The number of benzene rings is 1. The van der Waals surface area contributed by atoms with Gasteiger partial charge in [-0.1, -0.05) is 18.2 Å². The van der Waals surface area contributed by atoms with E-state index in [0.29, 0.717) is 16.5 Å². The normalized spacial score (nSPS) is 10.1. The summed E-state index contributed by atoms with van der Waals surface area (Å²) in [6.07, 6.45) is 1.49. The van der Waals surface area contributed by atoms with Crippen molar-refractivity contribution in [2.45, 2.75) is 0 Å². The molecule has 1 heterocycles. The van der Waals surface area contributed by atoms with Crippen LogP contribution in [-0.4, -0.2) is 16.2 Å². The molecule has 4 heteroatoms. The van der Waals surface area contributed by atoms with Crippen molar-refractivity contribution in [2.75, 3.05) is 0 Å². The van der Waals surface area contributed by atoms with E-state index in [9.17, 15) is 4.79 Å². The lowest BCUT2D eigenvalue weighted by atomic mass is 10.1. The third kappa shape index (κ3) is 1.31. The van der Waals surface area contributed by atoms with Crippen molar-refractivity contribution in [1.29, 1.82) is 0 Å². The van der Waals surface area contributed by atoms with Crippen molar-refractivity contribution >= 4 is 16.9 Å². The summed E-state index contributed by atoms with van der Waals surface area (Å²) in [6, 6.07) is 8.64. The molecular formula is C10H7NO3. The van der Waals surface area contributed by atoms with Gasteiger partial charge >= 0.3 is 5.97 Å². The molecule has 0 aliphatic rings. The van der Waals surface area contributed by atoms with Crippen LogP contribution >= 0.6 is 0 Å². The van der Waals surface area contributed by atoms with Crippen molar-refractivity contribution in [3.8, 4) is 0 Å². The molecule has 2 rings (SSSR count). The molecule has 0 saturated heterocycles. The average Bonchev–Trinajstić information content (AvgIpc) is 2.27. The molecule has 0 amide bonds. The molecule has 2 aromatic rings. The lowest BCUT2D eigenvalue weighted by Gasteiger charge is -2.01. The summed E-state index contributed by atoms with van der Waals surface area (Å²) in [5, 5.41) is 8.94. The van der Waals surface area contributed by atoms with Gasteiger partial charge in [0.15, 0.2) is 0 Å². The number of carbonyl (C=O) groups excluding carboxylic acids is 1. The number of hydrogen-bond donors (Lipinski definition) is 1. The first kappa shape index (κ1) is 8.65. The molecule has 14 heavy (non-hydrogen) atoms. The number of carbonyl (C=O) groups is 1. The largest absolute Gasteiger partial charge is 0.373 e. The minimum absolute atomic E-state index is 0.304. The first-order valence-corrected chi connectivity index (χ1v) is 4.02. The molecule has 0 spiro atoms. The van der Waals surface area contributed by atoms with Crippen LogP contribution in [0, 0.1) is 0 Å². The zero-order valence-electron chi connectivity index (χ0n) is 7.18. The highest BCUT2D eigenvalue weighted by molar-refractivity contribution is 6.02. The summed E-state index contributed by atoms with van der Waals surface area (Å²) < 4.78 is 0. The lowest BCUT2D eigenvalue weighted by molar-refractivity contribution is -0.182. The molecule has 0 aliphatic heterocycles. The van der Waals surface area contributed by atoms with Crippen molar-refractivity contribution < 1.29 is 14.9 Å². The number of fused-ring (bicyclic) bond motifs is 1. The summed E-state index contributed by atoms with van der Waals surface area (Å²) in [7, 11) is 0.